The molecule has 0 aliphatic heterocycles. The largest absolute Gasteiger partial charge is 0.484 e. The van der Waals surface area contributed by atoms with Crippen molar-refractivity contribution in [2.45, 2.75) is 26.3 Å². The van der Waals surface area contributed by atoms with Crippen LogP contribution in [0.3, 0.4) is 0 Å². The molecule has 0 unspecified atom stereocenters. The van der Waals surface area contributed by atoms with E-state index in [1.165, 1.54) is 6.21 Å². The Hall–Kier alpha value is -3.12. The van der Waals surface area contributed by atoms with Crippen molar-refractivity contribution in [1.82, 2.24) is 10.7 Å². The number of ether oxygens (including phenoxy) is 1. The number of benzene rings is 2. The number of nitrogens with one attached hydrogen (secondary N) is 2. The maximum atomic E-state index is 12.4. The molecule has 0 spiro atoms. The molecule has 0 heterocycles. The van der Waals surface area contributed by atoms with E-state index in [-0.39, 0.29) is 18.4 Å². The number of allylic oxidation sites excluding steroid dienone is 1. The van der Waals surface area contributed by atoms with E-state index >= 15 is 0 Å². The van der Waals surface area contributed by atoms with Crippen LogP contribution < -0.4 is 15.5 Å². The molecule has 7 heteroatoms. The second kappa shape index (κ2) is 12.4. The minimum atomic E-state index is -0.707. The lowest BCUT2D eigenvalue weighted by Crippen LogP contribution is -2.47. The smallest absolute Gasteiger partial charge is 0.262 e. The molecule has 0 saturated heterocycles. The van der Waals surface area contributed by atoms with E-state index in [4.69, 9.17) is 16.3 Å². The van der Waals surface area contributed by atoms with Crippen molar-refractivity contribution < 1.29 is 14.3 Å². The quantitative estimate of drug-likeness (QED) is 0.443. The van der Waals surface area contributed by atoms with E-state index in [0.717, 1.165) is 5.56 Å². The number of carbonyl (C=O) groups is 2. The minimum absolute atomic E-state index is 0.202. The van der Waals surface area contributed by atoms with Crippen molar-refractivity contribution in [3.05, 3.63) is 71.3 Å². The van der Waals surface area contributed by atoms with Gasteiger partial charge in [0.15, 0.2) is 6.61 Å². The number of carbonyl (C=O) groups excluding carboxylic acids is 2. The summed E-state index contributed by atoms with van der Waals surface area (Å²) in [5.41, 5.74) is 3.50. The van der Waals surface area contributed by atoms with Crippen LogP contribution in [0.1, 0.15) is 25.8 Å². The van der Waals surface area contributed by atoms with Crippen molar-refractivity contribution in [3.63, 3.8) is 0 Å². The highest BCUT2D eigenvalue weighted by Gasteiger charge is 2.21. The Morgan fingerprint density at radius 2 is 1.80 bits per heavy atom. The average molecular weight is 428 g/mol. The lowest BCUT2D eigenvalue weighted by atomic mass is 10.0. The summed E-state index contributed by atoms with van der Waals surface area (Å²) < 4.78 is 5.42. The number of amides is 2. The van der Waals surface area contributed by atoms with Crippen LogP contribution in [-0.2, 0) is 9.59 Å². The van der Waals surface area contributed by atoms with E-state index in [1.54, 1.807) is 30.3 Å². The fraction of sp³-hybridized carbons (Fsp3) is 0.261. The highest BCUT2D eigenvalue weighted by atomic mass is 35.5. The van der Waals surface area contributed by atoms with E-state index in [9.17, 15) is 9.59 Å². The van der Waals surface area contributed by atoms with Gasteiger partial charge in [0.25, 0.3) is 11.8 Å². The van der Waals surface area contributed by atoms with Gasteiger partial charge in [0.1, 0.15) is 11.8 Å². The molecule has 1 atom stereocenters. The van der Waals surface area contributed by atoms with Crippen LogP contribution in [0.5, 0.6) is 5.75 Å². The second-order valence-electron chi connectivity index (χ2n) is 7.02. The zero-order chi connectivity index (χ0) is 21.8. The summed E-state index contributed by atoms with van der Waals surface area (Å²) in [4.78, 5) is 24.7. The third-order valence-corrected chi connectivity index (χ3v) is 4.22. The van der Waals surface area contributed by atoms with Gasteiger partial charge >= 0.3 is 0 Å². The van der Waals surface area contributed by atoms with Crippen molar-refractivity contribution in [1.29, 1.82) is 0 Å². The number of hydrogen-bond acceptors (Lipinski definition) is 4. The Kier molecular flexibility index (Phi) is 9.61. The first-order chi connectivity index (χ1) is 14.4. The minimum Gasteiger partial charge on any atom is -0.484 e. The molecule has 0 bridgehead atoms. The van der Waals surface area contributed by atoms with E-state index < -0.39 is 11.9 Å². The monoisotopic (exact) mass is 427 g/mol. The van der Waals surface area contributed by atoms with Gasteiger partial charge < -0.3 is 10.1 Å². The second-order valence-corrected chi connectivity index (χ2v) is 7.45. The van der Waals surface area contributed by atoms with Crippen LogP contribution in [0.15, 0.2) is 65.8 Å². The van der Waals surface area contributed by atoms with Gasteiger partial charge in [-0.25, -0.2) is 5.43 Å². The van der Waals surface area contributed by atoms with Gasteiger partial charge in [-0.1, -0.05) is 61.9 Å². The standard InChI is InChI=1S/C23H26ClN3O3/c1-17(2)15-21(26-22(28)16-30-20-12-10-19(24)11-13-20)23(29)27-25-14-6-9-18-7-4-3-5-8-18/h3-14,17,21H,15-16H2,1-2H3,(H,26,28)(H,27,29)/b9-6+,25-14-/t21-/m1/s1. The summed E-state index contributed by atoms with van der Waals surface area (Å²) in [6.07, 6.45) is 5.57. The molecular formula is C23H26ClN3O3. The van der Waals surface area contributed by atoms with Gasteiger partial charge in [-0.3, -0.25) is 9.59 Å². The molecule has 0 saturated carbocycles. The molecule has 0 fully saturated rings. The molecule has 158 valence electrons. The highest BCUT2D eigenvalue weighted by molar-refractivity contribution is 6.30. The Balaban J connectivity index is 1.84. The van der Waals surface area contributed by atoms with Crippen LogP contribution in [0.2, 0.25) is 5.02 Å². The molecule has 2 aromatic carbocycles. The van der Waals surface area contributed by atoms with Gasteiger partial charge in [-0.05, 0) is 48.2 Å². The number of nitrogens with zero attached hydrogens (tertiary/aromatic N) is 1. The number of hydrogen-bond donors (Lipinski definition) is 2. The average Bonchev–Trinajstić information content (AvgIpc) is 2.73. The molecule has 6 nitrogen and oxygen atoms in total. The highest BCUT2D eigenvalue weighted by Crippen LogP contribution is 2.15. The number of halogens is 1. The summed E-state index contributed by atoms with van der Waals surface area (Å²) in [5.74, 6) is -0.0407. The summed E-state index contributed by atoms with van der Waals surface area (Å²) in [7, 11) is 0. The summed E-state index contributed by atoms with van der Waals surface area (Å²) in [6, 6.07) is 15.7. The number of hydrazone groups is 1. The van der Waals surface area contributed by atoms with Crippen LogP contribution in [0, 0.1) is 5.92 Å². The first kappa shape index (κ1) is 23.2. The molecule has 2 N–H and O–H groups in total. The predicted molar refractivity (Wildman–Crippen MR) is 120 cm³/mol. The Labute approximate surface area is 182 Å². The Bertz CT molecular complexity index is 865. The zero-order valence-electron chi connectivity index (χ0n) is 17.0. The third-order valence-electron chi connectivity index (χ3n) is 3.97. The van der Waals surface area contributed by atoms with Gasteiger partial charge in [0.2, 0.25) is 0 Å². The first-order valence-corrected chi connectivity index (χ1v) is 10.0. The molecule has 2 aromatic rings. The van der Waals surface area contributed by atoms with Crippen LogP contribution in [0.25, 0.3) is 6.08 Å². The molecule has 0 aromatic heterocycles. The molecule has 2 amide bonds. The predicted octanol–water partition coefficient (Wildman–Crippen LogP) is 4.07. The van der Waals surface area contributed by atoms with Crippen molar-refractivity contribution in [2.24, 2.45) is 11.0 Å². The molecule has 0 aliphatic carbocycles. The fourth-order valence-corrected chi connectivity index (χ4v) is 2.68. The SMILES string of the molecule is CC(C)C[C@@H](NC(=O)COc1ccc(Cl)cc1)C(=O)N/N=C\C=C\c1ccccc1. The van der Waals surface area contributed by atoms with Crippen molar-refractivity contribution in [2.75, 3.05) is 6.61 Å². The normalized spacial score (nSPS) is 12.3. The molecule has 0 radical (unpaired) electrons. The van der Waals surface area contributed by atoms with Gasteiger partial charge in [-0.2, -0.15) is 5.10 Å². The molecular weight excluding hydrogens is 402 g/mol. The summed E-state index contributed by atoms with van der Waals surface area (Å²) in [5, 5.41) is 7.20. The van der Waals surface area contributed by atoms with Gasteiger partial charge in [-0.15, -0.1) is 0 Å². The van der Waals surface area contributed by atoms with Crippen LogP contribution in [0.4, 0.5) is 0 Å². The Morgan fingerprint density at radius 3 is 2.47 bits per heavy atom. The van der Waals surface area contributed by atoms with Crippen molar-refractivity contribution in [3.8, 4) is 5.75 Å². The summed E-state index contributed by atoms with van der Waals surface area (Å²) in [6.45, 7) is 3.75. The van der Waals surface area contributed by atoms with E-state index in [1.807, 2.05) is 50.3 Å². The van der Waals surface area contributed by atoms with Crippen molar-refractivity contribution >= 4 is 35.7 Å². The third kappa shape index (κ3) is 8.92. The lowest BCUT2D eigenvalue weighted by molar-refractivity contribution is -0.130. The van der Waals surface area contributed by atoms with E-state index in [2.05, 4.69) is 15.8 Å². The van der Waals surface area contributed by atoms with Gasteiger partial charge in [0.05, 0.1) is 0 Å². The maximum absolute atomic E-state index is 12.4. The molecule has 2 rings (SSSR count). The van der Waals surface area contributed by atoms with Gasteiger partial charge in [0, 0.05) is 11.2 Å². The van der Waals surface area contributed by atoms with E-state index in [0.29, 0.717) is 17.2 Å². The zero-order valence-corrected chi connectivity index (χ0v) is 17.8. The topological polar surface area (TPSA) is 79.8 Å². The van der Waals surface area contributed by atoms with Crippen LogP contribution in [-0.4, -0.2) is 30.7 Å². The van der Waals surface area contributed by atoms with Crippen LogP contribution >= 0.6 is 11.6 Å². The molecule has 0 aliphatic rings. The Morgan fingerprint density at radius 1 is 1.10 bits per heavy atom. The first-order valence-electron chi connectivity index (χ1n) is 9.66. The molecule has 30 heavy (non-hydrogen) atoms. The fourth-order valence-electron chi connectivity index (χ4n) is 2.56. The lowest BCUT2D eigenvalue weighted by Gasteiger charge is -2.19. The maximum Gasteiger partial charge on any atom is 0.262 e. The number of rotatable bonds is 10. The summed E-state index contributed by atoms with van der Waals surface area (Å²) >= 11 is 5.82.